The molecule has 30 heavy (non-hydrogen) atoms. The predicted molar refractivity (Wildman–Crippen MR) is 126 cm³/mol. The predicted octanol–water partition coefficient (Wildman–Crippen LogP) is 7.98. The van der Waals surface area contributed by atoms with Crippen molar-refractivity contribution in [2.75, 3.05) is 26.4 Å². The smallest absolute Gasteiger partial charge is 0.226 e. The molecule has 0 aliphatic heterocycles. The maximum Gasteiger partial charge on any atom is 0.226 e. The quantitative estimate of drug-likeness (QED) is 0.0852. The van der Waals surface area contributed by atoms with Gasteiger partial charge in [0.25, 0.3) is 0 Å². The van der Waals surface area contributed by atoms with Crippen molar-refractivity contribution in [3.05, 3.63) is 32.7 Å². The SMILES string of the molecule is CC(=NOCC(Cl)(Cl)Cl)OCCCCCOc1c(Cl)cc(OCC=C(Cl)Cl)cc1Cl. The van der Waals surface area contributed by atoms with E-state index in [1.807, 2.05) is 0 Å². The summed E-state index contributed by atoms with van der Waals surface area (Å²) in [6, 6.07) is 3.22. The van der Waals surface area contributed by atoms with Crippen LogP contribution in [0.2, 0.25) is 10.0 Å². The van der Waals surface area contributed by atoms with Crippen molar-refractivity contribution in [3.8, 4) is 11.5 Å². The van der Waals surface area contributed by atoms with Crippen LogP contribution in [0.25, 0.3) is 0 Å². The normalized spacial score (nSPS) is 11.8. The zero-order valence-corrected chi connectivity index (χ0v) is 21.2. The van der Waals surface area contributed by atoms with Gasteiger partial charge in [-0.1, -0.05) is 86.4 Å². The van der Waals surface area contributed by atoms with Crippen LogP contribution in [0.4, 0.5) is 0 Å². The van der Waals surface area contributed by atoms with Gasteiger partial charge in [0.1, 0.15) is 16.8 Å². The summed E-state index contributed by atoms with van der Waals surface area (Å²) in [4.78, 5) is 4.87. The first-order valence-electron chi connectivity index (χ1n) is 8.70. The van der Waals surface area contributed by atoms with Crippen molar-refractivity contribution in [2.45, 2.75) is 30.0 Å². The molecule has 12 heteroatoms. The maximum absolute atomic E-state index is 6.22. The van der Waals surface area contributed by atoms with Crippen LogP contribution >= 0.6 is 81.2 Å². The molecule has 0 unspecified atom stereocenters. The van der Waals surface area contributed by atoms with Gasteiger partial charge in [-0.15, -0.1) is 0 Å². The molecule has 0 fully saturated rings. The van der Waals surface area contributed by atoms with Crippen LogP contribution < -0.4 is 9.47 Å². The number of benzene rings is 1. The summed E-state index contributed by atoms with van der Waals surface area (Å²) in [5.74, 6) is 1.24. The molecule has 1 aromatic rings. The van der Waals surface area contributed by atoms with Crippen LogP contribution in [-0.2, 0) is 9.57 Å². The largest absolute Gasteiger partial charge is 0.490 e. The number of hydrogen-bond acceptors (Lipinski definition) is 5. The van der Waals surface area contributed by atoms with Crippen LogP contribution in [0.15, 0.2) is 27.9 Å². The minimum Gasteiger partial charge on any atom is -0.490 e. The molecule has 1 rings (SSSR count). The highest BCUT2D eigenvalue weighted by Gasteiger charge is 2.20. The molecule has 5 nitrogen and oxygen atoms in total. The van der Waals surface area contributed by atoms with Gasteiger partial charge in [-0.2, -0.15) is 0 Å². The van der Waals surface area contributed by atoms with Crippen LogP contribution in [0.1, 0.15) is 26.2 Å². The first-order chi connectivity index (χ1) is 14.1. The molecular weight excluding hydrogens is 542 g/mol. The molecule has 0 N–H and O–H groups in total. The third kappa shape index (κ3) is 13.3. The third-order valence-corrected chi connectivity index (χ3v) is 4.42. The van der Waals surface area contributed by atoms with Gasteiger partial charge in [-0.3, -0.25) is 0 Å². The van der Waals surface area contributed by atoms with Gasteiger partial charge in [-0.05, 0) is 25.3 Å². The topological polar surface area (TPSA) is 49.3 Å². The van der Waals surface area contributed by atoms with Crippen molar-refractivity contribution in [2.24, 2.45) is 5.16 Å². The van der Waals surface area contributed by atoms with E-state index in [4.69, 9.17) is 100 Å². The molecule has 0 radical (unpaired) electrons. The number of oxime groups is 1. The van der Waals surface area contributed by atoms with E-state index in [1.54, 1.807) is 19.1 Å². The Labute approximate surface area is 211 Å². The summed E-state index contributed by atoms with van der Waals surface area (Å²) >= 11 is 40.1. The van der Waals surface area contributed by atoms with E-state index in [1.165, 1.54) is 6.08 Å². The molecule has 170 valence electrons. The molecule has 0 heterocycles. The van der Waals surface area contributed by atoms with E-state index < -0.39 is 3.79 Å². The number of unbranched alkanes of at least 4 members (excludes halogenated alkanes) is 2. The fraction of sp³-hybridized carbons (Fsp3) is 0.500. The Bertz CT molecular complexity index is 696. The van der Waals surface area contributed by atoms with E-state index in [9.17, 15) is 0 Å². The van der Waals surface area contributed by atoms with E-state index >= 15 is 0 Å². The van der Waals surface area contributed by atoms with Crippen LogP contribution in [0.3, 0.4) is 0 Å². The van der Waals surface area contributed by atoms with Crippen LogP contribution in [-0.4, -0.2) is 36.1 Å². The lowest BCUT2D eigenvalue weighted by atomic mass is 10.2. The maximum atomic E-state index is 6.22. The second kappa shape index (κ2) is 14.8. The molecule has 0 saturated carbocycles. The molecule has 1 aromatic carbocycles. The number of ether oxygens (including phenoxy) is 3. The van der Waals surface area contributed by atoms with Gasteiger partial charge in [0.2, 0.25) is 9.69 Å². The lowest BCUT2D eigenvalue weighted by Crippen LogP contribution is -2.12. The standard InChI is InChI=1S/C18H20Cl7NO4/c1-12(26-30-11-18(23,24)25)27-6-3-2-4-7-29-17-14(19)9-13(10-15(17)20)28-8-5-16(21)22/h5,9-10H,2-4,6-8,11H2,1H3. The van der Waals surface area contributed by atoms with Crippen molar-refractivity contribution in [1.29, 1.82) is 0 Å². The summed E-state index contributed by atoms with van der Waals surface area (Å²) in [6.07, 6.45) is 3.95. The fourth-order valence-corrected chi connectivity index (χ4v) is 2.80. The highest BCUT2D eigenvalue weighted by atomic mass is 35.6. The minimum absolute atomic E-state index is 0.119. The van der Waals surface area contributed by atoms with Crippen LogP contribution in [0, 0.1) is 0 Å². The Balaban J connectivity index is 2.26. The van der Waals surface area contributed by atoms with Gasteiger partial charge >= 0.3 is 0 Å². The molecule has 0 saturated heterocycles. The lowest BCUT2D eigenvalue weighted by Gasteiger charge is -2.12. The van der Waals surface area contributed by atoms with Gasteiger partial charge in [0, 0.05) is 19.1 Å². The van der Waals surface area contributed by atoms with Crippen molar-refractivity contribution >= 4 is 87.1 Å². The number of hydrogen-bond donors (Lipinski definition) is 0. The highest BCUT2D eigenvalue weighted by molar-refractivity contribution is 6.67. The summed E-state index contributed by atoms with van der Waals surface area (Å²) in [5.41, 5.74) is 0. The minimum atomic E-state index is -1.52. The molecule has 0 aliphatic rings. The average molecular weight is 563 g/mol. The Morgan fingerprint density at radius 1 is 1.00 bits per heavy atom. The van der Waals surface area contributed by atoms with Crippen molar-refractivity contribution in [1.82, 2.24) is 0 Å². The number of alkyl halides is 3. The summed E-state index contributed by atoms with van der Waals surface area (Å²) in [7, 11) is 0. The highest BCUT2D eigenvalue weighted by Crippen LogP contribution is 2.37. The summed E-state index contributed by atoms with van der Waals surface area (Å²) in [6.45, 7) is 2.61. The Kier molecular flexibility index (Phi) is 13.8. The Morgan fingerprint density at radius 2 is 1.63 bits per heavy atom. The first-order valence-corrected chi connectivity index (χ1v) is 11.3. The van der Waals surface area contributed by atoms with Gasteiger partial charge in [0.15, 0.2) is 12.4 Å². The fourth-order valence-electron chi connectivity index (χ4n) is 1.96. The molecule has 0 aliphatic carbocycles. The van der Waals surface area contributed by atoms with Crippen LogP contribution in [0.5, 0.6) is 11.5 Å². The zero-order chi connectivity index (χ0) is 22.6. The van der Waals surface area contributed by atoms with Gasteiger partial charge in [0.05, 0.1) is 23.3 Å². The second-order valence-corrected chi connectivity index (χ2v) is 10.1. The lowest BCUT2D eigenvalue weighted by molar-refractivity contribution is 0.135. The molecule has 0 amide bonds. The van der Waals surface area contributed by atoms with E-state index in [0.717, 1.165) is 19.3 Å². The average Bonchev–Trinajstić information content (AvgIpc) is 2.61. The zero-order valence-electron chi connectivity index (χ0n) is 15.9. The molecule has 0 aromatic heterocycles. The third-order valence-electron chi connectivity index (χ3n) is 3.23. The van der Waals surface area contributed by atoms with Crippen molar-refractivity contribution in [3.63, 3.8) is 0 Å². The van der Waals surface area contributed by atoms with Gasteiger partial charge in [-0.25, -0.2) is 0 Å². The number of rotatable bonds is 12. The molecular formula is C18H20Cl7NO4. The Hall–Kier alpha value is -0.140. The summed E-state index contributed by atoms with van der Waals surface area (Å²) < 4.78 is 15.1. The van der Waals surface area contributed by atoms with E-state index in [2.05, 4.69) is 5.16 Å². The van der Waals surface area contributed by atoms with Gasteiger partial charge < -0.3 is 19.0 Å². The monoisotopic (exact) mass is 559 g/mol. The van der Waals surface area contributed by atoms with Crippen molar-refractivity contribution < 1.29 is 19.0 Å². The molecule has 0 atom stereocenters. The number of nitrogens with zero attached hydrogens (tertiary/aromatic N) is 1. The second-order valence-electron chi connectivity index (χ2n) is 5.78. The van der Waals surface area contributed by atoms with E-state index in [-0.39, 0.29) is 17.7 Å². The summed E-state index contributed by atoms with van der Waals surface area (Å²) in [5, 5.41) is 4.40. The molecule has 0 bridgehead atoms. The Morgan fingerprint density at radius 3 is 2.23 bits per heavy atom. The van der Waals surface area contributed by atoms with E-state index in [0.29, 0.717) is 40.7 Å². The molecule has 0 spiro atoms. The number of halogens is 7. The first kappa shape index (κ1) is 27.9.